The van der Waals surface area contributed by atoms with Gasteiger partial charge in [0.1, 0.15) is 11.6 Å². The van der Waals surface area contributed by atoms with Crippen molar-refractivity contribution in [2.24, 2.45) is 5.41 Å². The molecule has 1 atom stereocenters. The number of aryl methyl sites for hydroxylation is 1. The molecule has 1 aliphatic carbocycles. The number of fused-ring (bicyclic) bond motifs is 1. The van der Waals surface area contributed by atoms with Gasteiger partial charge in [0.15, 0.2) is 0 Å². The molecule has 1 heterocycles. The van der Waals surface area contributed by atoms with E-state index in [1.807, 2.05) is 0 Å². The third-order valence-electron chi connectivity index (χ3n) is 4.56. The Hall–Kier alpha value is -1.09. The summed E-state index contributed by atoms with van der Waals surface area (Å²) in [5.74, 6) is 1.33. The SMILES string of the molecule is CC1(C)CCCC1n1c(CCCl)nc2ccc(F)cc21. The first-order valence-corrected chi connectivity index (χ1v) is 7.79. The fourth-order valence-electron chi connectivity index (χ4n) is 3.51. The van der Waals surface area contributed by atoms with E-state index in [2.05, 4.69) is 23.4 Å². The maximum Gasteiger partial charge on any atom is 0.125 e. The second-order valence-corrected chi connectivity index (χ2v) is 6.74. The number of benzene rings is 1. The number of rotatable bonds is 3. The molecule has 108 valence electrons. The lowest BCUT2D eigenvalue weighted by Crippen LogP contribution is -2.23. The van der Waals surface area contributed by atoms with Crippen molar-refractivity contribution in [3.8, 4) is 0 Å². The molecule has 1 unspecified atom stereocenters. The standard InChI is InChI=1S/C16H20ClFN2/c1-16(2)8-3-4-14(16)20-13-10-11(18)5-6-12(13)19-15(20)7-9-17/h5-6,10,14H,3-4,7-9H2,1-2H3. The van der Waals surface area contributed by atoms with Crippen LogP contribution in [0.4, 0.5) is 4.39 Å². The average Bonchev–Trinajstić information content (AvgIpc) is 2.89. The Morgan fingerprint density at radius 1 is 1.45 bits per heavy atom. The van der Waals surface area contributed by atoms with Gasteiger partial charge in [-0.15, -0.1) is 11.6 Å². The number of alkyl halides is 1. The molecule has 1 aromatic carbocycles. The quantitative estimate of drug-likeness (QED) is 0.750. The maximum atomic E-state index is 13.6. The lowest BCUT2D eigenvalue weighted by Gasteiger charge is -2.30. The Bertz CT molecular complexity index is 633. The van der Waals surface area contributed by atoms with Crippen molar-refractivity contribution in [2.45, 2.75) is 45.6 Å². The zero-order chi connectivity index (χ0) is 14.3. The maximum absolute atomic E-state index is 13.6. The summed E-state index contributed by atoms with van der Waals surface area (Å²) in [6.45, 7) is 4.58. The minimum absolute atomic E-state index is 0.202. The summed E-state index contributed by atoms with van der Waals surface area (Å²) < 4.78 is 15.9. The topological polar surface area (TPSA) is 17.8 Å². The summed E-state index contributed by atoms with van der Waals surface area (Å²) in [5.41, 5.74) is 2.00. The van der Waals surface area contributed by atoms with Crippen LogP contribution in [0.15, 0.2) is 18.2 Å². The van der Waals surface area contributed by atoms with E-state index in [1.165, 1.54) is 18.9 Å². The molecule has 1 aromatic heterocycles. The minimum Gasteiger partial charge on any atom is -0.324 e. The molecule has 1 aliphatic rings. The van der Waals surface area contributed by atoms with Crippen LogP contribution in [0.1, 0.15) is 45.0 Å². The molecule has 20 heavy (non-hydrogen) atoms. The highest BCUT2D eigenvalue weighted by Gasteiger charge is 2.37. The van der Waals surface area contributed by atoms with Crippen LogP contribution in [0.3, 0.4) is 0 Å². The van der Waals surface area contributed by atoms with Crippen LogP contribution in [-0.4, -0.2) is 15.4 Å². The van der Waals surface area contributed by atoms with Crippen molar-refractivity contribution < 1.29 is 4.39 Å². The summed E-state index contributed by atoms with van der Waals surface area (Å²) in [5, 5.41) is 0. The number of nitrogens with zero attached hydrogens (tertiary/aromatic N) is 2. The summed E-state index contributed by atoms with van der Waals surface area (Å²) in [7, 11) is 0. The molecule has 1 fully saturated rings. The van der Waals surface area contributed by atoms with E-state index in [0.717, 1.165) is 29.7 Å². The zero-order valence-corrected chi connectivity index (χ0v) is 12.8. The van der Waals surface area contributed by atoms with Crippen LogP contribution in [0.5, 0.6) is 0 Å². The minimum atomic E-state index is -0.202. The van der Waals surface area contributed by atoms with Crippen LogP contribution in [-0.2, 0) is 6.42 Å². The molecule has 0 aliphatic heterocycles. The summed E-state index contributed by atoms with van der Waals surface area (Å²) >= 11 is 5.92. The zero-order valence-electron chi connectivity index (χ0n) is 12.0. The Kier molecular flexibility index (Phi) is 3.49. The molecule has 2 nitrogen and oxygen atoms in total. The van der Waals surface area contributed by atoms with Crippen molar-refractivity contribution in [3.05, 3.63) is 29.8 Å². The number of imidazole rings is 1. The van der Waals surface area contributed by atoms with E-state index in [1.54, 1.807) is 12.1 Å². The van der Waals surface area contributed by atoms with Crippen LogP contribution in [0.25, 0.3) is 11.0 Å². The first kappa shape index (κ1) is 13.9. The van der Waals surface area contributed by atoms with Crippen molar-refractivity contribution in [1.29, 1.82) is 0 Å². The van der Waals surface area contributed by atoms with E-state index in [0.29, 0.717) is 11.9 Å². The van der Waals surface area contributed by atoms with Crippen molar-refractivity contribution in [1.82, 2.24) is 9.55 Å². The molecule has 0 amide bonds. The molecule has 3 rings (SSSR count). The average molecular weight is 295 g/mol. The molecule has 0 saturated heterocycles. The highest BCUT2D eigenvalue weighted by molar-refractivity contribution is 6.17. The fraction of sp³-hybridized carbons (Fsp3) is 0.562. The smallest absolute Gasteiger partial charge is 0.125 e. The highest BCUT2D eigenvalue weighted by atomic mass is 35.5. The molecule has 0 bridgehead atoms. The van der Waals surface area contributed by atoms with Gasteiger partial charge in [0.25, 0.3) is 0 Å². The largest absolute Gasteiger partial charge is 0.324 e. The Morgan fingerprint density at radius 3 is 2.90 bits per heavy atom. The van der Waals surface area contributed by atoms with E-state index in [4.69, 9.17) is 11.6 Å². The van der Waals surface area contributed by atoms with Gasteiger partial charge in [-0.25, -0.2) is 9.37 Å². The monoisotopic (exact) mass is 294 g/mol. The molecule has 2 aromatic rings. The Labute approximate surface area is 123 Å². The fourth-order valence-corrected chi connectivity index (χ4v) is 3.68. The number of hydrogen-bond donors (Lipinski definition) is 0. The van der Waals surface area contributed by atoms with Gasteiger partial charge < -0.3 is 4.57 Å². The number of hydrogen-bond acceptors (Lipinski definition) is 1. The molecular formula is C16H20ClFN2. The highest BCUT2D eigenvalue weighted by Crippen LogP contribution is 2.47. The van der Waals surface area contributed by atoms with E-state index in [9.17, 15) is 4.39 Å². The molecule has 1 saturated carbocycles. The Balaban J connectivity index is 2.20. The van der Waals surface area contributed by atoms with Gasteiger partial charge in [0, 0.05) is 18.3 Å². The van der Waals surface area contributed by atoms with Gasteiger partial charge in [-0.1, -0.05) is 20.3 Å². The van der Waals surface area contributed by atoms with Gasteiger partial charge in [-0.2, -0.15) is 0 Å². The van der Waals surface area contributed by atoms with Gasteiger partial charge >= 0.3 is 0 Å². The second kappa shape index (κ2) is 5.03. The lowest BCUT2D eigenvalue weighted by atomic mass is 9.87. The molecular weight excluding hydrogens is 275 g/mol. The van der Waals surface area contributed by atoms with Crippen molar-refractivity contribution in [3.63, 3.8) is 0 Å². The van der Waals surface area contributed by atoms with Crippen LogP contribution in [0, 0.1) is 11.2 Å². The lowest BCUT2D eigenvalue weighted by molar-refractivity contribution is 0.261. The van der Waals surface area contributed by atoms with Gasteiger partial charge in [0.2, 0.25) is 0 Å². The van der Waals surface area contributed by atoms with Crippen molar-refractivity contribution in [2.75, 3.05) is 5.88 Å². The summed E-state index contributed by atoms with van der Waals surface area (Å²) in [6, 6.07) is 5.23. The predicted octanol–water partition coefficient (Wildman–Crippen LogP) is 4.71. The summed E-state index contributed by atoms with van der Waals surface area (Å²) in [4.78, 5) is 4.67. The third-order valence-corrected chi connectivity index (χ3v) is 4.74. The van der Waals surface area contributed by atoms with Crippen molar-refractivity contribution >= 4 is 22.6 Å². The first-order valence-electron chi connectivity index (χ1n) is 7.25. The van der Waals surface area contributed by atoms with Crippen LogP contribution >= 0.6 is 11.6 Å². The molecule has 0 spiro atoms. The van der Waals surface area contributed by atoms with Gasteiger partial charge in [0.05, 0.1) is 11.0 Å². The predicted molar refractivity (Wildman–Crippen MR) is 80.8 cm³/mol. The van der Waals surface area contributed by atoms with Gasteiger partial charge in [-0.3, -0.25) is 0 Å². The number of halogens is 2. The van der Waals surface area contributed by atoms with Crippen LogP contribution in [0.2, 0.25) is 0 Å². The normalized spacial score (nSPS) is 21.7. The molecule has 4 heteroatoms. The van der Waals surface area contributed by atoms with E-state index >= 15 is 0 Å². The van der Waals surface area contributed by atoms with Crippen LogP contribution < -0.4 is 0 Å². The first-order chi connectivity index (χ1) is 9.53. The number of aromatic nitrogens is 2. The summed E-state index contributed by atoms with van der Waals surface area (Å²) in [6.07, 6.45) is 4.27. The molecule has 0 N–H and O–H groups in total. The second-order valence-electron chi connectivity index (χ2n) is 6.37. The van der Waals surface area contributed by atoms with E-state index in [-0.39, 0.29) is 11.2 Å². The van der Waals surface area contributed by atoms with Gasteiger partial charge in [-0.05, 0) is 36.5 Å². The third kappa shape index (κ3) is 2.22. The van der Waals surface area contributed by atoms with E-state index < -0.39 is 0 Å². The Morgan fingerprint density at radius 2 is 2.25 bits per heavy atom. The molecule has 0 radical (unpaired) electrons.